The first-order chi connectivity index (χ1) is 4.21. The number of rotatable bonds is 2. The highest BCUT2D eigenvalue weighted by Gasteiger charge is 2.20. The van der Waals surface area contributed by atoms with Crippen molar-refractivity contribution in [3.05, 3.63) is 0 Å². The fourth-order valence-corrected chi connectivity index (χ4v) is 0.896. The van der Waals surface area contributed by atoms with E-state index in [1.165, 1.54) is 0 Å². The van der Waals surface area contributed by atoms with E-state index < -0.39 is 18.2 Å². The van der Waals surface area contributed by atoms with E-state index in [9.17, 15) is 14.4 Å². The van der Waals surface area contributed by atoms with E-state index in [2.05, 4.69) is 4.52 Å². The van der Waals surface area contributed by atoms with Gasteiger partial charge in [0.25, 0.3) is 0 Å². The van der Waals surface area contributed by atoms with Crippen LogP contribution in [0.3, 0.4) is 0 Å². The van der Waals surface area contributed by atoms with Crippen LogP contribution in [-0.4, -0.2) is 10.4 Å². The molecule has 0 spiro atoms. The number of hydrogen-bond donors (Lipinski definition) is 0. The van der Waals surface area contributed by atoms with Gasteiger partial charge in [-0.2, -0.15) is 0 Å². The average molecular weight is 227 g/mol. The van der Waals surface area contributed by atoms with E-state index >= 15 is 0 Å². The second-order valence-electron chi connectivity index (χ2n) is 1.34. The second kappa shape index (κ2) is 3.59. The number of phosphoric ester groups is 1. The molecule has 0 fully saturated rings. The highest BCUT2D eigenvalue weighted by Crippen LogP contribution is 2.33. The number of phosphoric acid groups is 1. The first kappa shape index (κ1) is 11.0. The van der Waals surface area contributed by atoms with E-state index in [0.29, 0.717) is 0 Å². The highest BCUT2D eigenvalue weighted by molar-refractivity contribution is 7.43. The molecule has 0 N–H and O–H groups in total. The van der Waals surface area contributed by atoms with Gasteiger partial charge in [-0.15, -0.1) is 0 Å². The maximum Gasteiger partial charge on any atom is 0.213 e. The second-order valence-corrected chi connectivity index (χ2v) is 5.00. The molecule has 10 heavy (non-hydrogen) atoms. The number of halogens is 3. The third-order valence-corrected chi connectivity index (χ3v) is 1.16. The molecule has 0 atom stereocenters. The molecule has 0 aliphatic rings. The van der Waals surface area contributed by atoms with Crippen molar-refractivity contribution in [1.82, 2.24) is 0 Å². The van der Waals surface area contributed by atoms with Crippen molar-refractivity contribution in [3.63, 3.8) is 0 Å². The molecule has 0 aromatic carbocycles. The Balaban J connectivity index is 3.67. The van der Waals surface area contributed by atoms with Crippen LogP contribution in [-0.2, 0) is 9.09 Å². The van der Waals surface area contributed by atoms with Crippen LogP contribution in [0.5, 0.6) is 0 Å². The first-order valence-corrected chi connectivity index (χ1v) is 4.53. The molecule has 0 amide bonds. The van der Waals surface area contributed by atoms with Crippen LogP contribution in [0.25, 0.3) is 0 Å². The van der Waals surface area contributed by atoms with Gasteiger partial charge in [-0.1, -0.05) is 34.8 Å². The lowest BCUT2D eigenvalue weighted by atomic mass is 10.9. The molecule has 0 rings (SSSR count). The Morgan fingerprint density at radius 3 is 1.90 bits per heavy atom. The lowest BCUT2D eigenvalue weighted by Gasteiger charge is -2.29. The Morgan fingerprint density at radius 2 is 1.80 bits per heavy atom. The predicted molar refractivity (Wildman–Crippen MR) is 33.8 cm³/mol. The molecule has 0 aromatic heterocycles. The van der Waals surface area contributed by atoms with Crippen molar-refractivity contribution in [2.24, 2.45) is 0 Å². The van der Waals surface area contributed by atoms with Gasteiger partial charge >= 0.3 is 0 Å². The molecule has 0 saturated heterocycles. The number of hydrogen-bond acceptors (Lipinski definition) is 4. The van der Waals surface area contributed by atoms with Gasteiger partial charge in [0, 0.05) is 0 Å². The Morgan fingerprint density at radius 1 is 1.40 bits per heavy atom. The van der Waals surface area contributed by atoms with Gasteiger partial charge in [-0.05, 0) is 0 Å². The molecule has 0 aromatic rings. The fourth-order valence-electron chi connectivity index (χ4n) is 0.152. The predicted octanol–water partition coefficient (Wildman–Crippen LogP) is 0.202. The Kier molecular flexibility index (Phi) is 3.94. The van der Waals surface area contributed by atoms with Gasteiger partial charge in [0.2, 0.25) is 3.79 Å². The molecule has 4 nitrogen and oxygen atoms in total. The monoisotopic (exact) mass is 226 g/mol. The van der Waals surface area contributed by atoms with Crippen LogP contribution in [0.2, 0.25) is 0 Å². The summed E-state index contributed by atoms with van der Waals surface area (Å²) < 4.78 is 11.5. The molecule has 0 bridgehead atoms. The van der Waals surface area contributed by atoms with Crippen molar-refractivity contribution in [3.8, 4) is 0 Å². The highest BCUT2D eigenvalue weighted by atomic mass is 35.6. The van der Waals surface area contributed by atoms with E-state index in [0.717, 1.165) is 0 Å². The van der Waals surface area contributed by atoms with Gasteiger partial charge in [0.1, 0.15) is 0 Å². The normalized spacial score (nSPS) is 13.7. The van der Waals surface area contributed by atoms with Crippen LogP contribution in [0.4, 0.5) is 0 Å². The lowest BCUT2D eigenvalue weighted by molar-refractivity contribution is -0.341. The Hall–Kier alpha value is 0.980. The summed E-state index contributed by atoms with van der Waals surface area (Å²) in [5.74, 6) is 0. The first-order valence-electron chi connectivity index (χ1n) is 1.94. The Labute approximate surface area is 72.3 Å². The fraction of sp³-hybridized carbons (Fsp3) is 1.00. The standard InChI is InChI=1S/C2H4Cl3O4P/c3-2(4,5)1-9-10(6,7)8/h1H2,(H2,6,7,8)/p-2. The van der Waals surface area contributed by atoms with Crippen molar-refractivity contribution in [2.75, 3.05) is 6.61 Å². The summed E-state index contributed by atoms with van der Waals surface area (Å²) in [5.41, 5.74) is 0. The zero-order valence-corrected chi connectivity index (χ0v) is 7.58. The zero-order chi connectivity index (χ0) is 8.41. The minimum absolute atomic E-state index is 0.762. The van der Waals surface area contributed by atoms with Gasteiger partial charge in [0.15, 0.2) is 0 Å². The van der Waals surface area contributed by atoms with Crippen molar-refractivity contribution < 1.29 is 18.9 Å². The minimum Gasteiger partial charge on any atom is -0.790 e. The van der Waals surface area contributed by atoms with Crippen molar-refractivity contribution in [2.45, 2.75) is 3.79 Å². The molecule has 62 valence electrons. The Bertz CT molecular complexity index is 147. The minimum atomic E-state index is -5.02. The van der Waals surface area contributed by atoms with Crippen LogP contribution < -0.4 is 9.79 Å². The maximum absolute atomic E-state index is 9.75. The third-order valence-electron chi connectivity index (χ3n) is 0.386. The molecule has 0 saturated carbocycles. The van der Waals surface area contributed by atoms with Crippen molar-refractivity contribution >= 4 is 42.6 Å². The molecule has 8 heteroatoms. The van der Waals surface area contributed by atoms with E-state index in [1.54, 1.807) is 0 Å². The van der Waals surface area contributed by atoms with Crippen LogP contribution in [0.15, 0.2) is 0 Å². The summed E-state index contributed by atoms with van der Waals surface area (Å²) in [6.07, 6.45) is 0. The zero-order valence-electron chi connectivity index (χ0n) is 4.42. The summed E-state index contributed by atoms with van der Waals surface area (Å²) in [6.45, 7) is -0.762. The third kappa shape index (κ3) is 8.98. The van der Waals surface area contributed by atoms with Gasteiger partial charge in [-0.3, -0.25) is 0 Å². The van der Waals surface area contributed by atoms with Gasteiger partial charge in [0.05, 0.1) is 14.4 Å². The van der Waals surface area contributed by atoms with Gasteiger partial charge in [-0.25, -0.2) is 0 Å². The summed E-state index contributed by atoms with van der Waals surface area (Å²) in [7, 11) is -5.02. The number of alkyl halides is 3. The van der Waals surface area contributed by atoms with E-state index in [1.807, 2.05) is 0 Å². The lowest BCUT2D eigenvalue weighted by Crippen LogP contribution is -2.21. The van der Waals surface area contributed by atoms with Crippen LogP contribution in [0, 0.1) is 0 Å². The summed E-state index contributed by atoms with van der Waals surface area (Å²) in [4.78, 5) is 19.5. The smallest absolute Gasteiger partial charge is 0.213 e. The summed E-state index contributed by atoms with van der Waals surface area (Å²) in [5, 5.41) is 0. The van der Waals surface area contributed by atoms with Crippen molar-refractivity contribution in [1.29, 1.82) is 0 Å². The molecule has 0 unspecified atom stereocenters. The topological polar surface area (TPSA) is 72.4 Å². The maximum atomic E-state index is 9.75. The molecular weight excluding hydrogens is 225 g/mol. The van der Waals surface area contributed by atoms with Crippen LogP contribution >= 0.6 is 42.6 Å². The summed E-state index contributed by atoms with van der Waals surface area (Å²) >= 11 is 15.1. The molecule has 0 aliphatic carbocycles. The van der Waals surface area contributed by atoms with Gasteiger partial charge < -0.3 is 18.9 Å². The summed E-state index contributed by atoms with van der Waals surface area (Å²) in [6, 6.07) is 0. The van der Waals surface area contributed by atoms with E-state index in [-0.39, 0.29) is 0 Å². The molecular formula is C2H2Cl3O4P-2. The average Bonchev–Trinajstić information content (AvgIpc) is 1.57. The molecule has 0 heterocycles. The molecule has 0 aliphatic heterocycles. The largest absolute Gasteiger partial charge is 0.790 e. The van der Waals surface area contributed by atoms with E-state index in [4.69, 9.17) is 34.8 Å². The quantitative estimate of drug-likeness (QED) is 0.499. The SMILES string of the molecule is O=P([O-])([O-])OCC(Cl)(Cl)Cl. The molecule has 0 radical (unpaired) electrons. The van der Waals surface area contributed by atoms with Crippen LogP contribution in [0.1, 0.15) is 0 Å².